The first-order chi connectivity index (χ1) is 11.8. The number of nitrogens with one attached hydrogen (secondary N) is 1. The summed E-state index contributed by atoms with van der Waals surface area (Å²) in [7, 11) is 1.81. The van der Waals surface area contributed by atoms with Gasteiger partial charge in [0, 0.05) is 11.5 Å². The van der Waals surface area contributed by atoms with E-state index in [1.807, 2.05) is 18.2 Å². The summed E-state index contributed by atoms with van der Waals surface area (Å²) >= 11 is 0. The van der Waals surface area contributed by atoms with E-state index < -0.39 is 0 Å². The molecule has 3 rings (SSSR count). The van der Waals surface area contributed by atoms with E-state index in [1.54, 1.807) is 13.1 Å². The quantitative estimate of drug-likeness (QED) is 0.656. The van der Waals surface area contributed by atoms with Crippen LogP contribution < -0.4 is 5.32 Å². The van der Waals surface area contributed by atoms with Crippen LogP contribution in [0.5, 0.6) is 0 Å². The van der Waals surface area contributed by atoms with E-state index in [0.717, 1.165) is 18.4 Å². The molecule has 0 unspecified atom stereocenters. The maximum Gasteiger partial charge on any atom is 0.211 e. The van der Waals surface area contributed by atoms with Gasteiger partial charge >= 0.3 is 0 Å². The lowest BCUT2D eigenvalue weighted by Gasteiger charge is -2.59. The van der Waals surface area contributed by atoms with Gasteiger partial charge in [-0.25, -0.2) is 0 Å². The lowest BCUT2D eigenvalue weighted by molar-refractivity contribution is -0.105. The maximum atomic E-state index is 13.6. The summed E-state index contributed by atoms with van der Waals surface area (Å²) < 4.78 is 0. The van der Waals surface area contributed by atoms with Crippen LogP contribution in [-0.2, 0) is 10.2 Å². The Morgan fingerprint density at radius 1 is 1.32 bits per heavy atom. The van der Waals surface area contributed by atoms with Crippen LogP contribution in [-0.4, -0.2) is 25.3 Å². The third-order valence-electron chi connectivity index (χ3n) is 6.64. The van der Waals surface area contributed by atoms with Crippen LogP contribution in [0.15, 0.2) is 30.9 Å². The molecular weight excluding hydrogens is 312 g/mol. The summed E-state index contributed by atoms with van der Waals surface area (Å²) in [5, 5.41) is 7.35. The first kappa shape index (κ1) is 17.9. The Labute approximate surface area is 150 Å². The van der Waals surface area contributed by atoms with Crippen molar-refractivity contribution in [3.63, 3.8) is 0 Å². The Morgan fingerprint density at radius 3 is 2.64 bits per heavy atom. The average Bonchev–Trinajstić information content (AvgIpc) is 2.59. The molecule has 4 nitrogen and oxygen atoms in total. The van der Waals surface area contributed by atoms with Gasteiger partial charge in [-0.2, -0.15) is 7.05 Å². The van der Waals surface area contributed by atoms with Crippen LogP contribution in [0.2, 0.25) is 0 Å². The molecule has 0 radical (unpaired) electrons. The van der Waals surface area contributed by atoms with Gasteiger partial charge < -0.3 is 10.6 Å². The highest BCUT2D eigenvalue weighted by Crippen LogP contribution is 2.56. The number of hydrogen-bond donors (Lipinski definition) is 1. The fourth-order valence-corrected chi connectivity index (χ4v) is 5.14. The van der Waals surface area contributed by atoms with E-state index >= 15 is 0 Å². The zero-order chi connectivity index (χ0) is 18.4. The number of rotatable bonds is 4. The summed E-state index contributed by atoms with van der Waals surface area (Å²) in [4.78, 5) is 24.6. The molecule has 0 spiro atoms. The second kappa shape index (κ2) is 6.10. The molecule has 134 valence electrons. The van der Waals surface area contributed by atoms with E-state index in [1.165, 1.54) is 0 Å². The summed E-state index contributed by atoms with van der Waals surface area (Å²) in [6.07, 6.45) is 4.56. The van der Waals surface area contributed by atoms with E-state index in [9.17, 15) is 9.59 Å². The third kappa shape index (κ3) is 2.46. The summed E-state index contributed by atoms with van der Waals surface area (Å²) in [6, 6.07) is 5.65. The molecule has 1 amide bonds. The van der Waals surface area contributed by atoms with Gasteiger partial charge in [-0.15, -0.1) is 12.6 Å². The number of ketones is 1. The zero-order valence-corrected chi connectivity index (χ0v) is 15.5. The molecule has 1 aromatic rings. The summed E-state index contributed by atoms with van der Waals surface area (Å²) in [5.74, 6) is 0.159. The minimum atomic E-state index is -0.182. The van der Waals surface area contributed by atoms with Gasteiger partial charge in [-0.1, -0.05) is 39.0 Å². The van der Waals surface area contributed by atoms with Gasteiger partial charge in [-0.05, 0) is 41.2 Å². The lowest BCUT2D eigenvalue weighted by Crippen LogP contribution is -2.55. The number of carbonyl (C=O) groups is 2. The summed E-state index contributed by atoms with van der Waals surface area (Å²) in [5.41, 5.74) is 1.96. The van der Waals surface area contributed by atoms with Gasteiger partial charge in [-0.3, -0.25) is 9.59 Å². The molecule has 1 aromatic carbocycles. The van der Waals surface area contributed by atoms with Crippen LogP contribution in [0.3, 0.4) is 0 Å². The second-order valence-corrected chi connectivity index (χ2v) is 8.16. The second-order valence-electron chi connectivity index (χ2n) is 8.16. The molecular formula is C21H27N2O2-. The molecule has 0 saturated heterocycles. The number of Topliss-reactive ketones (excluding diaryl/α,β-unsaturated/α-hetero) is 1. The molecule has 4 heteroatoms. The minimum Gasteiger partial charge on any atom is -0.661 e. The predicted molar refractivity (Wildman–Crippen MR) is 101 cm³/mol. The molecule has 4 atom stereocenters. The Kier molecular flexibility index (Phi) is 4.36. The van der Waals surface area contributed by atoms with Crippen molar-refractivity contribution < 1.29 is 9.59 Å². The van der Waals surface area contributed by atoms with E-state index in [2.05, 4.69) is 38.0 Å². The normalized spacial score (nSPS) is 33.1. The van der Waals surface area contributed by atoms with Crippen LogP contribution in [0.1, 0.15) is 49.5 Å². The Morgan fingerprint density at radius 2 is 2.04 bits per heavy atom. The average molecular weight is 339 g/mol. The van der Waals surface area contributed by atoms with E-state index in [4.69, 9.17) is 0 Å². The predicted octanol–water partition coefficient (Wildman–Crippen LogP) is 4.32. The van der Waals surface area contributed by atoms with Crippen molar-refractivity contribution in [1.82, 2.24) is 0 Å². The first-order valence-electron chi connectivity index (χ1n) is 8.92. The molecule has 0 aliphatic heterocycles. The number of hydrogen-bond acceptors (Lipinski definition) is 2. The van der Waals surface area contributed by atoms with Gasteiger partial charge in [0.05, 0.1) is 5.69 Å². The standard InChI is InChI=1S/C21H27N2O2/c1-6-21(4)11-10-14-17(19(21)22-5)18(25)16-13(20(14,2)3)8-7-9-15(16)23-12-24/h6-9,12,14,17,19H,1,10-11H2,2-5H3,(H,23,24)/q-1/t14-,17-,19+,21+/m1/s1. The number of amides is 1. The SMILES string of the molecule is C=C[C@@]1(C)CC[C@@H]2[C@H](C(=O)c3c(NC=O)cccc3C2(C)C)[C@@H]1[N-]C. The van der Waals surface area contributed by atoms with Gasteiger partial charge in [0.2, 0.25) is 6.41 Å². The van der Waals surface area contributed by atoms with Crippen LogP contribution >= 0.6 is 0 Å². The van der Waals surface area contributed by atoms with Crippen molar-refractivity contribution in [2.75, 3.05) is 12.4 Å². The molecule has 1 fully saturated rings. The molecule has 0 bridgehead atoms. The highest BCUT2D eigenvalue weighted by molar-refractivity contribution is 6.07. The Hall–Kier alpha value is -1.94. The number of anilines is 1. The zero-order valence-electron chi connectivity index (χ0n) is 15.5. The number of fused-ring (bicyclic) bond motifs is 2. The Balaban J connectivity index is 2.21. The largest absolute Gasteiger partial charge is 0.661 e. The van der Waals surface area contributed by atoms with E-state index in [0.29, 0.717) is 17.7 Å². The fourth-order valence-electron chi connectivity index (χ4n) is 5.14. The van der Waals surface area contributed by atoms with Crippen molar-refractivity contribution in [3.8, 4) is 0 Å². The molecule has 1 saturated carbocycles. The smallest absolute Gasteiger partial charge is 0.211 e. The third-order valence-corrected chi connectivity index (χ3v) is 6.64. The van der Waals surface area contributed by atoms with Crippen molar-refractivity contribution >= 4 is 17.9 Å². The number of benzene rings is 1. The topological polar surface area (TPSA) is 60.3 Å². The van der Waals surface area contributed by atoms with Crippen LogP contribution in [0.25, 0.3) is 5.32 Å². The Bertz CT molecular complexity index is 725. The monoisotopic (exact) mass is 339 g/mol. The molecule has 2 aliphatic carbocycles. The van der Waals surface area contributed by atoms with Crippen LogP contribution in [0.4, 0.5) is 5.69 Å². The highest BCUT2D eigenvalue weighted by Gasteiger charge is 2.53. The van der Waals surface area contributed by atoms with Crippen molar-refractivity contribution in [1.29, 1.82) is 0 Å². The van der Waals surface area contributed by atoms with Crippen molar-refractivity contribution in [2.45, 2.75) is 45.1 Å². The molecule has 0 heterocycles. The van der Waals surface area contributed by atoms with Gasteiger partial charge in [0.1, 0.15) is 0 Å². The molecule has 1 N–H and O–H groups in total. The highest BCUT2D eigenvalue weighted by atomic mass is 16.1. The van der Waals surface area contributed by atoms with Crippen LogP contribution in [0, 0.1) is 17.3 Å². The summed E-state index contributed by atoms with van der Waals surface area (Å²) in [6.45, 7) is 10.6. The first-order valence-corrected chi connectivity index (χ1v) is 8.92. The molecule has 25 heavy (non-hydrogen) atoms. The molecule has 0 aromatic heterocycles. The number of carbonyl (C=O) groups excluding carboxylic acids is 2. The van der Waals surface area contributed by atoms with Crippen molar-refractivity contribution in [3.05, 3.63) is 47.3 Å². The lowest BCUT2D eigenvalue weighted by atomic mass is 9.50. The number of nitrogens with zero attached hydrogens (tertiary/aromatic N) is 1. The van der Waals surface area contributed by atoms with Crippen molar-refractivity contribution in [2.24, 2.45) is 17.3 Å². The van der Waals surface area contributed by atoms with E-state index in [-0.39, 0.29) is 34.5 Å². The van der Waals surface area contributed by atoms with Gasteiger partial charge in [0.15, 0.2) is 5.78 Å². The minimum absolute atomic E-state index is 0.0898. The van der Waals surface area contributed by atoms with Gasteiger partial charge in [0.25, 0.3) is 0 Å². The maximum absolute atomic E-state index is 13.6. The fraction of sp³-hybridized carbons (Fsp3) is 0.524. The molecule has 2 aliphatic rings.